The van der Waals surface area contributed by atoms with E-state index in [1.165, 1.54) is 25.9 Å². The maximum absolute atomic E-state index is 12.8. The van der Waals surface area contributed by atoms with Crippen molar-refractivity contribution in [2.45, 2.75) is 50.3 Å². The summed E-state index contributed by atoms with van der Waals surface area (Å²) in [4.78, 5) is 15.0. The van der Waals surface area contributed by atoms with Gasteiger partial charge in [0.1, 0.15) is 0 Å². The standard InChI is InChI=1S/C21H33N3O3S/c1-18-5-7-20(8-6-18)28(26,27)24-15-9-19(10-16-24)17-21(25)22-11-4-14-23-12-2-3-13-23/h5-8,19H,2-4,9-17H2,1H3,(H,22,25). The van der Waals surface area contributed by atoms with Gasteiger partial charge in [-0.15, -0.1) is 0 Å². The number of hydrogen-bond donors (Lipinski definition) is 1. The van der Waals surface area contributed by atoms with E-state index >= 15 is 0 Å². The molecule has 0 aromatic heterocycles. The smallest absolute Gasteiger partial charge is 0.243 e. The fourth-order valence-electron chi connectivity index (χ4n) is 4.08. The monoisotopic (exact) mass is 407 g/mol. The van der Waals surface area contributed by atoms with E-state index in [0.717, 1.165) is 37.9 Å². The summed E-state index contributed by atoms with van der Waals surface area (Å²) < 4.78 is 27.1. The van der Waals surface area contributed by atoms with Crippen molar-refractivity contribution >= 4 is 15.9 Å². The summed E-state index contributed by atoms with van der Waals surface area (Å²) in [5.74, 6) is 0.365. The highest BCUT2D eigenvalue weighted by Gasteiger charge is 2.30. The summed E-state index contributed by atoms with van der Waals surface area (Å²) in [5.41, 5.74) is 1.05. The SMILES string of the molecule is Cc1ccc(S(=O)(=O)N2CCC(CC(=O)NCCCN3CCCC3)CC2)cc1. The van der Waals surface area contributed by atoms with E-state index in [2.05, 4.69) is 10.2 Å². The van der Waals surface area contributed by atoms with Gasteiger partial charge in [0.05, 0.1) is 4.90 Å². The summed E-state index contributed by atoms with van der Waals surface area (Å²) in [5, 5.41) is 3.03. The van der Waals surface area contributed by atoms with Crippen molar-refractivity contribution in [1.29, 1.82) is 0 Å². The van der Waals surface area contributed by atoms with Gasteiger partial charge < -0.3 is 10.2 Å². The number of benzene rings is 1. The van der Waals surface area contributed by atoms with Crippen LogP contribution in [0.2, 0.25) is 0 Å². The van der Waals surface area contributed by atoms with Crippen molar-refractivity contribution in [3.05, 3.63) is 29.8 Å². The first-order valence-corrected chi connectivity index (χ1v) is 11.9. The molecule has 2 saturated heterocycles. The zero-order valence-electron chi connectivity index (χ0n) is 16.9. The van der Waals surface area contributed by atoms with Gasteiger partial charge in [-0.2, -0.15) is 4.31 Å². The minimum absolute atomic E-state index is 0.0984. The first kappa shape index (κ1) is 21.3. The maximum atomic E-state index is 12.8. The average Bonchev–Trinajstić information content (AvgIpc) is 3.20. The van der Waals surface area contributed by atoms with Crippen LogP contribution in [0.5, 0.6) is 0 Å². The third kappa shape index (κ3) is 5.78. The van der Waals surface area contributed by atoms with E-state index in [9.17, 15) is 13.2 Å². The summed E-state index contributed by atoms with van der Waals surface area (Å²) in [6, 6.07) is 7.00. The lowest BCUT2D eigenvalue weighted by Gasteiger charge is -2.31. The number of amides is 1. The fraction of sp³-hybridized carbons (Fsp3) is 0.667. The van der Waals surface area contributed by atoms with E-state index in [1.807, 2.05) is 19.1 Å². The number of piperidine rings is 1. The summed E-state index contributed by atoms with van der Waals surface area (Å²) in [7, 11) is -3.43. The molecular formula is C21H33N3O3S. The topological polar surface area (TPSA) is 69.7 Å². The van der Waals surface area contributed by atoms with E-state index < -0.39 is 10.0 Å². The van der Waals surface area contributed by atoms with Crippen LogP contribution in [-0.2, 0) is 14.8 Å². The lowest BCUT2D eigenvalue weighted by molar-refractivity contribution is -0.122. The molecule has 1 N–H and O–H groups in total. The number of hydrogen-bond acceptors (Lipinski definition) is 4. The Morgan fingerprint density at radius 3 is 2.36 bits per heavy atom. The molecule has 2 aliphatic rings. The molecule has 0 unspecified atom stereocenters. The number of aryl methyl sites for hydroxylation is 1. The molecule has 1 amide bonds. The Morgan fingerprint density at radius 1 is 1.07 bits per heavy atom. The Balaban J connectivity index is 1.37. The molecule has 0 spiro atoms. The van der Waals surface area contributed by atoms with Crippen LogP contribution in [0, 0.1) is 12.8 Å². The number of sulfonamides is 1. The van der Waals surface area contributed by atoms with E-state index in [4.69, 9.17) is 0 Å². The largest absolute Gasteiger partial charge is 0.356 e. The van der Waals surface area contributed by atoms with Crippen molar-refractivity contribution in [3.63, 3.8) is 0 Å². The number of rotatable bonds is 8. The Kier molecular flexibility index (Phi) is 7.48. The van der Waals surface area contributed by atoms with Crippen molar-refractivity contribution in [1.82, 2.24) is 14.5 Å². The molecule has 6 nitrogen and oxygen atoms in total. The molecule has 28 heavy (non-hydrogen) atoms. The molecule has 0 bridgehead atoms. The molecule has 3 rings (SSSR count). The van der Waals surface area contributed by atoms with Crippen LogP contribution in [0.4, 0.5) is 0 Å². The lowest BCUT2D eigenvalue weighted by atomic mass is 9.94. The van der Waals surface area contributed by atoms with Crippen molar-refractivity contribution < 1.29 is 13.2 Å². The number of carbonyl (C=O) groups excluding carboxylic acids is 1. The van der Waals surface area contributed by atoms with Gasteiger partial charge in [0, 0.05) is 26.1 Å². The predicted octanol–water partition coefficient (Wildman–Crippen LogP) is 2.39. The second-order valence-electron chi connectivity index (χ2n) is 8.12. The summed E-state index contributed by atoms with van der Waals surface area (Å²) in [6.07, 6.45) is 5.58. The first-order valence-electron chi connectivity index (χ1n) is 10.5. The number of nitrogens with one attached hydrogen (secondary N) is 1. The number of nitrogens with zero attached hydrogens (tertiary/aromatic N) is 2. The lowest BCUT2D eigenvalue weighted by Crippen LogP contribution is -2.39. The van der Waals surface area contributed by atoms with Crippen molar-refractivity contribution in [3.8, 4) is 0 Å². The Labute approximate surface area is 169 Å². The minimum atomic E-state index is -3.43. The van der Waals surface area contributed by atoms with Gasteiger partial charge in [-0.25, -0.2) is 8.42 Å². The van der Waals surface area contributed by atoms with Gasteiger partial charge in [-0.3, -0.25) is 4.79 Å². The highest BCUT2D eigenvalue weighted by Crippen LogP contribution is 2.25. The molecule has 2 aliphatic heterocycles. The number of carbonyl (C=O) groups is 1. The Bertz CT molecular complexity index is 735. The third-order valence-electron chi connectivity index (χ3n) is 5.88. The van der Waals surface area contributed by atoms with Crippen LogP contribution in [0.1, 0.15) is 44.1 Å². The predicted molar refractivity (Wildman–Crippen MR) is 111 cm³/mol. The van der Waals surface area contributed by atoms with Gasteiger partial charge in [0.2, 0.25) is 15.9 Å². The molecule has 2 heterocycles. The molecule has 0 radical (unpaired) electrons. The van der Waals surface area contributed by atoms with Crippen LogP contribution < -0.4 is 5.32 Å². The number of likely N-dealkylation sites (tertiary alicyclic amines) is 1. The molecule has 2 fully saturated rings. The second-order valence-corrected chi connectivity index (χ2v) is 10.1. The van der Waals surface area contributed by atoms with Crippen LogP contribution in [0.25, 0.3) is 0 Å². The highest BCUT2D eigenvalue weighted by molar-refractivity contribution is 7.89. The second kappa shape index (κ2) is 9.85. The quantitative estimate of drug-likeness (QED) is 0.672. The fourth-order valence-corrected chi connectivity index (χ4v) is 5.55. The van der Waals surface area contributed by atoms with Crippen LogP contribution >= 0.6 is 0 Å². The average molecular weight is 408 g/mol. The van der Waals surface area contributed by atoms with Gasteiger partial charge in [0.25, 0.3) is 0 Å². The molecular weight excluding hydrogens is 374 g/mol. The molecule has 1 aromatic rings. The van der Waals surface area contributed by atoms with Crippen LogP contribution in [0.3, 0.4) is 0 Å². The summed E-state index contributed by atoms with van der Waals surface area (Å²) >= 11 is 0. The van der Waals surface area contributed by atoms with Gasteiger partial charge >= 0.3 is 0 Å². The van der Waals surface area contributed by atoms with Gasteiger partial charge in [-0.05, 0) is 76.7 Å². The van der Waals surface area contributed by atoms with Crippen molar-refractivity contribution in [2.75, 3.05) is 39.3 Å². The van der Waals surface area contributed by atoms with Gasteiger partial charge in [-0.1, -0.05) is 17.7 Å². The first-order chi connectivity index (χ1) is 13.4. The molecule has 0 saturated carbocycles. The summed E-state index contributed by atoms with van der Waals surface area (Å²) in [6.45, 7) is 7.10. The zero-order valence-corrected chi connectivity index (χ0v) is 17.7. The zero-order chi connectivity index (χ0) is 20.0. The van der Waals surface area contributed by atoms with E-state index in [1.54, 1.807) is 16.4 Å². The molecule has 156 valence electrons. The van der Waals surface area contributed by atoms with Crippen molar-refractivity contribution in [2.24, 2.45) is 5.92 Å². The molecule has 0 atom stereocenters. The molecule has 0 aliphatic carbocycles. The van der Waals surface area contributed by atoms with E-state index in [0.29, 0.717) is 24.4 Å². The van der Waals surface area contributed by atoms with E-state index in [-0.39, 0.29) is 11.8 Å². The maximum Gasteiger partial charge on any atom is 0.243 e. The Hall–Kier alpha value is -1.44. The minimum Gasteiger partial charge on any atom is -0.356 e. The molecule has 7 heteroatoms. The van der Waals surface area contributed by atoms with Gasteiger partial charge in [0.15, 0.2) is 0 Å². The Morgan fingerprint density at radius 2 is 1.71 bits per heavy atom. The van der Waals surface area contributed by atoms with Crippen LogP contribution in [0.15, 0.2) is 29.2 Å². The third-order valence-corrected chi connectivity index (χ3v) is 7.79. The molecule has 1 aromatic carbocycles. The van der Waals surface area contributed by atoms with Crippen LogP contribution in [-0.4, -0.2) is 62.8 Å². The highest BCUT2D eigenvalue weighted by atomic mass is 32.2. The normalized spacial score (nSPS) is 19.8.